The second-order valence-corrected chi connectivity index (χ2v) is 18.0. The summed E-state index contributed by atoms with van der Waals surface area (Å²) >= 11 is 1.50. The van der Waals surface area contributed by atoms with Gasteiger partial charge in [0, 0.05) is 38.8 Å². The molecule has 1 aromatic heterocycles. The zero-order valence-corrected chi connectivity index (χ0v) is 36.8. The minimum atomic E-state index is -0.842. The van der Waals surface area contributed by atoms with Gasteiger partial charge in [-0.05, 0) is 69.5 Å². The van der Waals surface area contributed by atoms with E-state index in [1.165, 1.54) is 16.2 Å². The highest BCUT2D eigenvalue weighted by Gasteiger charge is 2.47. The number of nitrogens with one attached hydrogen (secondary N) is 2. The van der Waals surface area contributed by atoms with E-state index in [0.717, 1.165) is 17.0 Å². The molecule has 1 unspecified atom stereocenters. The molecular formula is C43H67N7O6S. The van der Waals surface area contributed by atoms with Crippen LogP contribution in [0.4, 0.5) is 0 Å². The quantitative estimate of drug-likeness (QED) is 0.226. The Morgan fingerprint density at radius 3 is 2.04 bits per heavy atom. The SMILES string of the molecule is CO[C@H]([C@@H](C)C(=O)NC(Cc1ccccc1)c1nccs1)[C@@H]1CCCN1C(=O)[C@@H]1CCCN1C(=O)[C@H](C(C)C)N(C)C(=O)[C@@H](NC(=O)[C@H](C(C)C)N(C)C)C(C)C. The summed E-state index contributed by atoms with van der Waals surface area (Å²) in [5.41, 5.74) is 1.08. The van der Waals surface area contributed by atoms with Crippen LogP contribution in [0.15, 0.2) is 41.9 Å². The van der Waals surface area contributed by atoms with Gasteiger partial charge in [-0.15, -0.1) is 11.3 Å². The lowest BCUT2D eigenvalue weighted by Crippen LogP contribution is -2.61. The number of aromatic nitrogens is 1. The van der Waals surface area contributed by atoms with Gasteiger partial charge in [0.1, 0.15) is 23.1 Å². The number of likely N-dealkylation sites (tertiary alicyclic amines) is 2. The molecule has 57 heavy (non-hydrogen) atoms. The summed E-state index contributed by atoms with van der Waals surface area (Å²) in [6.45, 7) is 14.2. The largest absolute Gasteiger partial charge is 0.378 e. The molecule has 8 atom stereocenters. The first-order chi connectivity index (χ1) is 27.0. The Hall–Kier alpha value is -3.88. The molecular weight excluding hydrogens is 743 g/mol. The molecule has 2 aromatic rings. The van der Waals surface area contributed by atoms with Crippen LogP contribution in [-0.2, 0) is 35.1 Å². The first kappa shape index (κ1) is 45.8. The van der Waals surface area contributed by atoms with Crippen molar-refractivity contribution in [3.8, 4) is 0 Å². The van der Waals surface area contributed by atoms with E-state index in [9.17, 15) is 24.0 Å². The van der Waals surface area contributed by atoms with Gasteiger partial charge in [-0.3, -0.25) is 28.9 Å². The lowest BCUT2D eigenvalue weighted by atomic mass is 9.93. The highest BCUT2D eigenvalue weighted by molar-refractivity contribution is 7.09. The Morgan fingerprint density at radius 2 is 1.47 bits per heavy atom. The normalized spacial score (nSPS) is 20.4. The number of likely N-dealkylation sites (N-methyl/N-ethyl adjacent to an activating group) is 2. The first-order valence-corrected chi connectivity index (χ1v) is 21.5. The summed E-state index contributed by atoms with van der Waals surface area (Å²) in [5, 5.41) is 8.93. The molecule has 0 radical (unpaired) electrons. The molecule has 3 heterocycles. The van der Waals surface area contributed by atoms with Crippen molar-refractivity contribution in [1.82, 2.24) is 35.2 Å². The van der Waals surface area contributed by atoms with Crippen molar-refractivity contribution >= 4 is 40.9 Å². The van der Waals surface area contributed by atoms with Gasteiger partial charge in [-0.25, -0.2) is 4.98 Å². The molecule has 2 aliphatic rings. The lowest BCUT2D eigenvalue weighted by molar-refractivity contribution is -0.154. The maximum absolute atomic E-state index is 14.5. The van der Waals surface area contributed by atoms with Crippen LogP contribution in [-0.4, -0.2) is 132 Å². The van der Waals surface area contributed by atoms with Crippen LogP contribution in [0.25, 0.3) is 0 Å². The number of hydrogen-bond acceptors (Lipinski definition) is 9. The van der Waals surface area contributed by atoms with E-state index >= 15 is 0 Å². The van der Waals surface area contributed by atoms with E-state index in [1.54, 1.807) is 25.3 Å². The Balaban J connectivity index is 1.49. The molecule has 5 amide bonds. The standard InChI is InChI=1S/C43H67N7O6S/c1-26(2)34(46-39(52)35(27(3)4)47(8)9)42(54)48(10)36(28(5)6)43(55)50-23-16-20-33(50)41(53)49-22-15-19-32(49)37(56-11)29(7)38(51)45-31(40-44-21-24-57-40)25-30-17-13-12-14-18-30/h12-14,17-18,21,24,26-29,31-37H,15-16,19-20,22-23,25H2,1-11H3,(H,45,51)(H,46,52)/t29-,31?,32+,33+,34+,35+,36+,37-/m1/s1. The molecule has 2 fully saturated rings. The summed E-state index contributed by atoms with van der Waals surface area (Å²) in [6.07, 6.45) is 4.33. The summed E-state index contributed by atoms with van der Waals surface area (Å²) in [4.78, 5) is 81.9. The van der Waals surface area contributed by atoms with E-state index in [1.807, 2.05) is 108 Å². The van der Waals surface area contributed by atoms with Gasteiger partial charge < -0.3 is 30.1 Å². The molecule has 0 bridgehead atoms. The molecule has 316 valence electrons. The third kappa shape index (κ3) is 11.0. The molecule has 14 heteroatoms. The summed E-state index contributed by atoms with van der Waals surface area (Å²) in [7, 11) is 6.89. The number of carbonyl (C=O) groups excluding carboxylic acids is 5. The molecule has 1 aromatic carbocycles. The van der Waals surface area contributed by atoms with Gasteiger partial charge in [0.25, 0.3) is 0 Å². The number of nitrogens with zero attached hydrogens (tertiary/aromatic N) is 5. The van der Waals surface area contributed by atoms with Crippen molar-refractivity contribution in [2.75, 3.05) is 41.3 Å². The number of methoxy groups -OCH3 is 1. The molecule has 13 nitrogen and oxygen atoms in total. The van der Waals surface area contributed by atoms with Crippen LogP contribution in [0.1, 0.15) is 90.8 Å². The minimum Gasteiger partial charge on any atom is -0.378 e. The fourth-order valence-electron chi connectivity index (χ4n) is 8.80. The van der Waals surface area contributed by atoms with Crippen LogP contribution in [0.5, 0.6) is 0 Å². The number of hydrogen-bond donors (Lipinski definition) is 2. The topological polar surface area (TPSA) is 144 Å². The van der Waals surface area contributed by atoms with Gasteiger partial charge in [0.15, 0.2) is 0 Å². The Bertz CT molecular complexity index is 1630. The number of benzene rings is 1. The van der Waals surface area contributed by atoms with Gasteiger partial charge >= 0.3 is 0 Å². The maximum atomic E-state index is 14.5. The smallest absolute Gasteiger partial charge is 0.246 e. The van der Waals surface area contributed by atoms with Crippen molar-refractivity contribution in [1.29, 1.82) is 0 Å². The zero-order valence-electron chi connectivity index (χ0n) is 35.9. The maximum Gasteiger partial charge on any atom is 0.246 e. The van der Waals surface area contributed by atoms with Gasteiger partial charge in [-0.1, -0.05) is 78.8 Å². The van der Waals surface area contributed by atoms with Crippen molar-refractivity contribution in [2.45, 2.75) is 123 Å². The first-order valence-electron chi connectivity index (χ1n) is 20.6. The van der Waals surface area contributed by atoms with E-state index in [0.29, 0.717) is 38.8 Å². The average molecular weight is 810 g/mol. The molecule has 2 N–H and O–H groups in total. The minimum absolute atomic E-state index is 0.0243. The van der Waals surface area contributed by atoms with Crippen LogP contribution in [0, 0.1) is 23.7 Å². The number of ether oxygens (including phenoxy) is 1. The van der Waals surface area contributed by atoms with Crippen molar-refractivity contribution in [3.05, 3.63) is 52.5 Å². The molecule has 0 spiro atoms. The molecule has 2 saturated heterocycles. The fourth-order valence-corrected chi connectivity index (χ4v) is 9.49. The van der Waals surface area contributed by atoms with Crippen molar-refractivity contribution in [3.63, 3.8) is 0 Å². The summed E-state index contributed by atoms with van der Waals surface area (Å²) in [6, 6.07) is 6.51. The fraction of sp³-hybridized carbons (Fsp3) is 0.674. The van der Waals surface area contributed by atoms with E-state index in [-0.39, 0.29) is 59.4 Å². The zero-order chi connectivity index (χ0) is 42.1. The van der Waals surface area contributed by atoms with E-state index in [4.69, 9.17) is 4.74 Å². The van der Waals surface area contributed by atoms with E-state index < -0.39 is 36.2 Å². The predicted molar refractivity (Wildman–Crippen MR) is 223 cm³/mol. The highest BCUT2D eigenvalue weighted by atomic mass is 32.1. The monoisotopic (exact) mass is 809 g/mol. The Kier molecular flexibility index (Phi) is 16.6. The van der Waals surface area contributed by atoms with Crippen LogP contribution in [0.3, 0.4) is 0 Å². The number of thiazole rings is 1. The average Bonchev–Trinajstić information content (AvgIpc) is 3.96. The highest BCUT2D eigenvalue weighted by Crippen LogP contribution is 2.32. The van der Waals surface area contributed by atoms with Crippen molar-refractivity contribution in [2.24, 2.45) is 23.7 Å². The Labute approximate surface area is 344 Å². The summed E-state index contributed by atoms with van der Waals surface area (Å²) < 4.78 is 6.04. The second-order valence-electron chi connectivity index (χ2n) is 17.1. The van der Waals surface area contributed by atoms with Crippen LogP contribution >= 0.6 is 11.3 Å². The predicted octanol–water partition coefficient (Wildman–Crippen LogP) is 4.39. The number of rotatable bonds is 18. The summed E-state index contributed by atoms with van der Waals surface area (Å²) in [5.74, 6) is -2.24. The van der Waals surface area contributed by atoms with Gasteiger partial charge in [0.2, 0.25) is 29.5 Å². The second kappa shape index (κ2) is 20.7. The van der Waals surface area contributed by atoms with E-state index in [2.05, 4.69) is 15.6 Å². The number of amides is 5. The molecule has 4 rings (SSSR count). The van der Waals surface area contributed by atoms with Gasteiger partial charge in [-0.2, -0.15) is 0 Å². The van der Waals surface area contributed by atoms with Crippen molar-refractivity contribution < 1.29 is 28.7 Å². The van der Waals surface area contributed by atoms with Gasteiger partial charge in [0.05, 0.1) is 30.1 Å². The molecule has 2 aliphatic heterocycles. The van der Waals surface area contributed by atoms with Crippen LogP contribution < -0.4 is 10.6 Å². The lowest BCUT2D eigenvalue weighted by Gasteiger charge is -2.39. The number of carbonyl (C=O) groups is 5. The third-order valence-corrected chi connectivity index (χ3v) is 12.5. The molecule has 0 aliphatic carbocycles. The molecule has 0 saturated carbocycles. The van der Waals surface area contributed by atoms with Crippen LogP contribution in [0.2, 0.25) is 0 Å². The Morgan fingerprint density at radius 1 is 0.842 bits per heavy atom. The third-order valence-electron chi connectivity index (χ3n) is 11.6.